The number of carbonyl (C=O) groups is 1. The van der Waals surface area contributed by atoms with Crippen molar-refractivity contribution in [2.45, 2.75) is 5.57 Å². The predicted octanol–water partition coefficient (Wildman–Crippen LogP) is 3.26. The molecule has 1 N–H and O–H groups in total. The zero-order chi connectivity index (χ0) is 20.3. The summed E-state index contributed by atoms with van der Waals surface area (Å²) in [5.41, 5.74) is -2.83. The van der Waals surface area contributed by atoms with E-state index in [1.165, 1.54) is 66.9 Å². The molecule has 2 aromatic heterocycles. The van der Waals surface area contributed by atoms with E-state index in [2.05, 4.69) is 20.0 Å². The molecule has 3 rings (SSSR count). The first kappa shape index (κ1) is 19.4. The van der Waals surface area contributed by atoms with E-state index in [1.54, 1.807) is 0 Å². The molecular weight excluding hydrogens is 394 g/mol. The largest absolute Gasteiger partial charge is 0.487 e. The second-order valence-electron chi connectivity index (χ2n) is 5.71. The van der Waals surface area contributed by atoms with Crippen LogP contribution in [0.1, 0.15) is 10.4 Å². The van der Waals surface area contributed by atoms with Gasteiger partial charge in [0.25, 0.3) is 11.5 Å². The molecule has 1 amide bonds. The van der Waals surface area contributed by atoms with E-state index in [-0.39, 0.29) is 22.4 Å². The molecule has 0 aliphatic carbocycles. The molecule has 0 radical (unpaired) electrons. The number of benzene rings is 1. The van der Waals surface area contributed by atoms with Gasteiger partial charge in [-0.15, -0.1) is 8.78 Å². The lowest BCUT2D eigenvalue weighted by Crippen LogP contribution is -2.22. The molecule has 7 nitrogen and oxygen atoms in total. The number of pyridine rings is 1. The second-order valence-corrected chi connectivity index (χ2v) is 6.15. The molecule has 10 heteroatoms. The Labute approximate surface area is 162 Å². The quantitative estimate of drug-likeness (QED) is 0.657. The molecule has 0 bridgehead atoms. The predicted molar refractivity (Wildman–Crippen MR) is 98.5 cm³/mol. The molecule has 144 valence electrons. The Morgan fingerprint density at radius 2 is 1.86 bits per heavy atom. The van der Waals surface area contributed by atoms with Gasteiger partial charge in [0, 0.05) is 48.5 Å². The van der Waals surface area contributed by atoms with Crippen molar-refractivity contribution in [3.63, 3.8) is 0 Å². The Bertz CT molecular complexity index is 1050. The molecule has 0 aliphatic heterocycles. The average molecular weight is 407 g/mol. The van der Waals surface area contributed by atoms with Crippen LogP contribution in [0.3, 0.4) is 0 Å². The van der Waals surface area contributed by atoms with Crippen LogP contribution in [-0.2, 0) is 7.05 Å². The molecule has 0 spiro atoms. The lowest BCUT2D eigenvalue weighted by molar-refractivity contribution is -0.0964. The van der Waals surface area contributed by atoms with Gasteiger partial charge in [-0.3, -0.25) is 9.59 Å². The van der Waals surface area contributed by atoms with Crippen molar-refractivity contribution in [1.29, 1.82) is 0 Å². The number of amides is 1. The first-order chi connectivity index (χ1) is 13.2. The van der Waals surface area contributed by atoms with Crippen molar-refractivity contribution >= 4 is 23.2 Å². The number of carbonyl (C=O) groups excluding carboxylic acids is 1. The van der Waals surface area contributed by atoms with E-state index in [0.29, 0.717) is 11.3 Å². The van der Waals surface area contributed by atoms with Crippen LogP contribution in [0, 0.1) is 0 Å². The highest BCUT2D eigenvalue weighted by Crippen LogP contribution is 2.26. The number of ether oxygens (including phenoxy) is 1. The number of aryl methyl sites for hydroxylation is 1. The van der Waals surface area contributed by atoms with Crippen molar-refractivity contribution in [2.24, 2.45) is 7.05 Å². The number of hydrogen-bond acceptors (Lipinski definition) is 5. The Hall–Kier alpha value is -3.33. The van der Waals surface area contributed by atoms with Crippen LogP contribution in [0.25, 0.3) is 11.1 Å². The molecule has 0 unspecified atom stereocenters. The number of nitrogens with one attached hydrogen (secondary N) is 1. The van der Waals surface area contributed by atoms with Crippen molar-refractivity contribution in [2.75, 3.05) is 5.32 Å². The van der Waals surface area contributed by atoms with Gasteiger partial charge in [-0.25, -0.2) is 9.97 Å². The Morgan fingerprint density at radius 3 is 2.46 bits per heavy atom. The molecule has 1 aromatic carbocycles. The van der Waals surface area contributed by atoms with E-state index in [9.17, 15) is 18.4 Å². The van der Waals surface area contributed by atoms with E-state index in [4.69, 9.17) is 11.6 Å². The highest BCUT2D eigenvalue weighted by molar-refractivity contribution is 6.20. The van der Waals surface area contributed by atoms with Crippen LogP contribution >= 0.6 is 11.6 Å². The fraction of sp³-hybridized carbons (Fsp3) is 0.111. The number of rotatable bonds is 5. The van der Waals surface area contributed by atoms with Crippen LogP contribution in [0.4, 0.5) is 14.5 Å². The lowest BCUT2D eigenvalue weighted by Gasteiger charge is -2.12. The maximum absolute atomic E-state index is 12.6. The molecule has 0 atom stereocenters. The van der Waals surface area contributed by atoms with Gasteiger partial charge < -0.3 is 14.6 Å². The summed E-state index contributed by atoms with van der Waals surface area (Å²) in [6, 6.07) is 6.66. The maximum atomic E-state index is 12.6. The van der Waals surface area contributed by atoms with Crippen LogP contribution < -0.4 is 15.6 Å². The minimum absolute atomic E-state index is 0.161. The van der Waals surface area contributed by atoms with Gasteiger partial charge in [-0.2, -0.15) is 0 Å². The molecular formula is C18H13ClF2N4O3. The first-order valence-electron chi connectivity index (χ1n) is 7.86. The number of aromatic nitrogens is 3. The Balaban J connectivity index is 1.83. The van der Waals surface area contributed by atoms with Crippen molar-refractivity contribution < 1.29 is 18.3 Å². The second kappa shape index (κ2) is 7.73. The van der Waals surface area contributed by atoms with Crippen molar-refractivity contribution in [1.82, 2.24) is 14.5 Å². The SMILES string of the molecule is Cn1cc(C(=O)Nc2ccc(OC(F)(F)Cl)cc2)cc(-c2cncnc2)c1=O. The third-order valence-electron chi connectivity index (χ3n) is 3.66. The molecule has 0 aliphatic rings. The Morgan fingerprint density at radius 1 is 1.21 bits per heavy atom. The number of anilines is 1. The highest BCUT2D eigenvalue weighted by atomic mass is 35.5. The summed E-state index contributed by atoms with van der Waals surface area (Å²) in [6.45, 7) is 0. The monoisotopic (exact) mass is 406 g/mol. The van der Waals surface area contributed by atoms with E-state index >= 15 is 0 Å². The van der Waals surface area contributed by atoms with Gasteiger partial charge in [0.15, 0.2) is 0 Å². The summed E-state index contributed by atoms with van der Waals surface area (Å²) in [4.78, 5) is 32.6. The summed E-state index contributed by atoms with van der Waals surface area (Å²) in [6.07, 6.45) is 5.65. The van der Waals surface area contributed by atoms with Crippen LogP contribution in [0.15, 0.2) is 60.0 Å². The summed E-state index contributed by atoms with van der Waals surface area (Å²) in [5, 5.41) is 2.61. The average Bonchev–Trinajstić information content (AvgIpc) is 2.65. The summed E-state index contributed by atoms with van der Waals surface area (Å²) < 4.78 is 30.7. The third kappa shape index (κ3) is 4.68. The lowest BCUT2D eigenvalue weighted by atomic mass is 10.1. The van der Waals surface area contributed by atoms with Gasteiger partial charge >= 0.3 is 5.57 Å². The van der Waals surface area contributed by atoms with E-state index in [1.807, 2.05) is 0 Å². The summed E-state index contributed by atoms with van der Waals surface area (Å²) in [7, 11) is 1.52. The van der Waals surface area contributed by atoms with Crippen LogP contribution in [0.2, 0.25) is 0 Å². The first-order valence-corrected chi connectivity index (χ1v) is 8.24. The van der Waals surface area contributed by atoms with Gasteiger partial charge in [-0.05, 0) is 30.3 Å². The normalized spacial score (nSPS) is 11.1. The maximum Gasteiger partial charge on any atom is 0.487 e. The third-order valence-corrected chi connectivity index (χ3v) is 3.74. The van der Waals surface area contributed by atoms with E-state index < -0.39 is 11.5 Å². The zero-order valence-corrected chi connectivity index (χ0v) is 15.2. The molecule has 0 saturated heterocycles. The van der Waals surface area contributed by atoms with Gasteiger partial charge in [-0.1, -0.05) is 0 Å². The van der Waals surface area contributed by atoms with Crippen LogP contribution in [0.5, 0.6) is 5.75 Å². The molecule has 0 saturated carbocycles. The van der Waals surface area contributed by atoms with Gasteiger partial charge in [0.1, 0.15) is 12.1 Å². The molecule has 2 heterocycles. The van der Waals surface area contributed by atoms with E-state index in [0.717, 1.165) is 0 Å². The van der Waals surface area contributed by atoms with Crippen molar-refractivity contribution in [3.8, 4) is 16.9 Å². The zero-order valence-electron chi connectivity index (χ0n) is 14.4. The molecule has 28 heavy (non-hydrogen) atoms. The number of hydrogen-bond donors (Lipinski definition) is 1. The van der Waals surface area contributed by atoms with Crippen molar-refractivity contribution in [3.05, 3.63) is 71.2 Å². The molecule has 3 aromatic rings. The fourth-order valence-electron chi connectivity index (χ4n) is 2.42. The topological polar surface area (TPSA) is 86.1 Å². The fourth-order valence-corrected chi connectivity index (χ4v) is 2.51. The van der Waals surface area contributed by atoms with Crippen LogP contribution in [-0.4, -0.2) is 26.0 Å². The number of alkyl halides is 3. The summed E-state index contributed by atoms with van der Waals surface area (Å²) >= 11 is 4.70. The Kier molecular flexibility index (Phi) is 5.36. The smallest absolute Gasteiger partial charge is 0.420 e. The number of halogens is 3. The molecule has 0 fully saturated rings. The number of nitrogens with zero attached hydrogens (tertiary/aromatic N) is 3. The standard InChI is InChI=1S/C18H13ClF2N4O3/c1-25-9-11(6-15(17(25)27)12-7-22-10-23-8-12)16(26)24-13-2-4-14(5-3-13)28-18(19,20)21/h2-10H,1H3,(H,24,26). The highest BCUT2D eigenvalue weighted by Gasteiger charge is 2.27. The minimum Gasteiger partial charge on any atom is -0.420 e. The summed E-state index contributed by atoms with van der Waals surface area (Å²) in [5.74, 6) is -0.656. The minimum atomic E-state index is -3.82. The van der Waals surface area contributed by atoms with Gasteiger partial charge in [0.2, 0.25) is 0 Å². The van der Waals surface area contributed by atoms with Gasteiger partial charge in [0.05, 0.1) is 11.1 Å².